The lowest BCUT2D eigenvalue weighted by Crippen LogP contribution is -2.26. The summed E-state index contributed by atoms with van der Waals surface area (Å²) in [6.45, 7) is 0.772. The van der Waals surface area contributed by atoms with Crippen molar-refractivity contribution in [2.24, 2.45) is 0 Å². The standard InChI is InChI=1S/C23H21ClN6O2S/c24-18-9-5-4-8-17(18)14-26-21(31)15-33-22-11-10-19-27-28-20(30(19)29-22)12-13-25-23(32)16-6-2-1-3-7-16/h1-11H,12-15H2,(H,25,32)(H,26,31). The van der Waals surface area contributed by atoms with Crippen molar-refractivity contribution in [2.45, 2.75) is 18.0 Å². The Morgan fingerprint density at radius 2 is 1.73 bits per heavy atom. The minimum absolute atomic E-state index is 0.116. The van der Waals surface area contributed by atoms with Gasteiger partial charge in [0.25, 0.3) is 5.91 Å². The van der Waals surface area contributed by atoms with Crippen LogP contribution in [0, 0.1) is 0 Å². The molecule has 0 atom stereocenters. The second-order valence-electron chi connectivity index (χ2n) is 7.09. The average molecular weight is 481 g/mol. The highest BCUT2D eigenvalue weighted by atomic mass is 35.5. The monoisotopic (exact) mass is 480 g/mol. The van der Waals surface area contributed by atoms with Crippen LogP contribution in [-0.4, -0.2) is 43.9 Å². The van der Waals surface area contributed by atoms with Gasteiger partial charge in [0.1, 0.15) is 5.03 Å². The minimum atomic E-state index is -0.142. The molecule has 10 heteroatoms. The molecule has 0 saturated heterocycles. The Balaban J connectivity index is 1.30. The molecule has 0 radical (unpaired) electrons. The lowest BCUT2D eigenvalue weighted by molar-refractivity contribution is -0.118. The van der Waals surface area contributed by atoms with E-state index in [9.17, 15) is 9.59 Å². The third-order valence-electron chi connectivity index (χ3n) is 4.76. The van der Waals surface area contributed by atoms with Gasteiger partial charge in [-0.25, -0.2) is 0 Å². The van der Waals surface area contributed by atoms with Crippen LogP contribution in [0.3, 0.4) is 0 Å². The average Bonchev–Trinajstić information content (AvgIpc) is 3.25. The van der Waals surface area contributed by atoms with E-state index in [1.165, 1.54) is 11.8 Å². The van der Waals surface area contributed by atoms with Gasteiger partial charge in [-0.05, 0) is 35.9 Å². The number of amides is 2. The van der Waals surface area contributed by atoms with E-state index in [0.29, 0.717) is 46.6 Å². The van der Waals surface area contributed by atoms with E-state index in [0.717, 1.165) is 5.56 Å². The van der Waals surface area contributed by atoms with Crippen molar-refractivity contribution in [1.82, 2.24) is 30.4 Å². The largest absolute Gasteiger partial charge is 0.352 e. The van der Waals surface area contributed by atoms with Crippen LogP contribution in [0.4, 0.5) is 0 Å². The van der Waals surface area contributed by atoms with E-state index in [2.05, 4.69) is 25.9 Å². The maximum absolute atomic E-state index is 12.2. The molecule has 4 rings (SSSR count). The molecule has 0 aliphatic rings. The first-order valence-corrected chi connectivity index (χ1v) is 11.6. The summed E-state index contributed by atoms with van der Waals surface area (Å²) in [4.78, 5) is 24.4. The topological polar surface area (TPSA) is 101 Å². The first-order valence-electron chi connectivity index (χ1n) is 10.3. The van der Waals surface area contributed by atoms with Gasteiger partial charge in [0.15, 0.2) is 11.5 Å². The number of aromatic nitrogens is 4. The second-order valence-corrected chi connectivity index (χ2v) is 8.49. The fourth-order valence-corrected chi connectivity index (χ4v) is 3.94. The third-order valence-corrected chi connectivity index (χ3v) is 6.05. The minimum Gasteiger partial charge on any atom is -0.352 e. The summed E-state index contributed by atoms with van der Waals surface area (Å²) in [6, 6.07) is 20.0. The van der Waals surface area contributed by atoms with Crippen molar-refractivity contribution in [2.75, 3.05) is 12.3 Å². The molecular weight excluding hydrogens is 460 g/mol. The van der Waals surface area contributed by atoms with Crippen LogP contribution < -0.4 is 10.6 Å². The highest BCUT2D eigenvalue weighted by molar-refractivity contribution is 7.99. The van der Waals surface area contributed by atoms with Gasteiger partial charge in [-0.15, -0.1) is 10.2 Å². The van der Waals surface area contributed by atoms with E-state index in [1.54, 1.807) is 34.8 Å². The summed E-state index contributed by atoms with van der Waals surface area (Å²) in [6.07, 6.45) is 0.471. The Morgan fingerprint density at radius 1 is 0.939 bits per heavy atom. The zero-order valence-corrected chi connectivity index (χ0v) is 19.1. The molecule has 2 aromatic heterocycles. The van der Waals surface area contributed by atoms with Gasteiger partial charge in [-0.1, -0.05) is 59.8 Å². The maximum atomic E-state index is 12.2. The van der Waals surface area contributed by atoms with Gasteiger partial charge in [-0.3, -0.25) is 9.59 Å². The number of halogens is 1. The Kier molecular flexibility index (Phi) is 7.54. The summed E-state index contributed by atoms with van der Waals surface area (Å²) in [5.74, 6) is 0.586. The Labute approximate surface area is 199 Å². The first-order chi connectivity index (χ1) is 16.1. The van der Waals surface area contributed by atoms with E-state index >= 15 is 0 Å². The number of hydrogen-bond acceptors (Lipinski definition) is 6. The fourth-order valence-electron chi connectivity index (χ4n) is 3.05. The molecule has 2 aromatic carbocycles. The van der Waals surface area contributed by atoms with Crippen LogP contribution in [-0.2, 0) is 17.8 Å². The van der Waals surface area contributed by atoms with Crippen LogP contribution in [0.5, 0.6) is 0 Å². The van der Waals surface area contributed by atoms with Crippen molar-refractivity contribution < 1.29 is 9.59 Å². The Hall–Kier alpha value is -3.43. The first kappa shape index (κ1) is 22.8. The molecule has 0 fully saturated rings. The molecule has 8 nitrogen and oxygen atoms in total. The van der Waals surface area contributed by atoms with Gasteiger partial charge >= 0.3 is 0 Å². The molecule has 2 N–H and O–H groups in total. The zero-order valence-electron chi connectivity index (χ0n) is 17.6. The summed E-state index contributed by atoms with van der Waals surface area (Å²) in [7, 11) is 0. The van der Waals surface area contributed by atoms with Crippen molar-refractivity contribution in [3.8, 4) is 0 Å². The quantitative estimate of drug-likeness (QED) is 0.357. The zero-order chi connectivity index (χ0) is 23.0. The van der Waals surface area contributed by atoms with Crippen LogP contribution in [0.15, 0.2) is 71.8 Å². The second kappa shape index (κ2) is 10.9. The van der Waals surface area contributed by atoms with Gasteiger partial charge in [0.05, 0.1) is 5.75 Å². The van der Waals surface area contributed by atoms with Gasteiger partial charge in [0, 0.05) is 30.1 Å². The van der Waals surface area contributed by atoms with Gasteiger partial charge < -0.3 is 10.6 Å². The number of nitrogens with one attached hydrogen (secondary N) is 2. The van der Waals surface area contributed by atoms with Crippen molar-refractivity contribution in [1.29, 1.82) is 0 Å². The predicted octanol–water partition coefficient (Wildman–Crippen LogP) is 3.16. The molecule has 2 heterocycles. The van der Waals surface area contributed by atoms with Crippen LogP contribution in [0.25, 0.3) is 5.65 Å². The molecule has 0 bridgehead atoms. The smallest absolute Gasteiger partial charge is 0.251 e. The van der Waals surface area contributed by atoms with E-state index in [1.807, 2.05) is 36.4 Å². The fraction of sp³-hybridized carbons (Fsp3) is 0.174. The molecule has 33 heavy (non-hydrogen) atoms. The molecule has 2 amide bonds. The maximum Gasteiger partial charge on any atom is 0.251 e. The number of fused-ring (bicyclic) bond motifs is 1. The van der Waals surface area contributed by atoms with Crippen LogP contribution in [0.1, 0.15) is 21.7 Å². The normalized spacial score (nSPS) is 10.8. The molecule has 0 aliphatic heterocycles. The molecule has 168 valence electrons. The number of carbonyl (C=O) groups excluding carboxylic acids is 2. The molecule has 0 aliphatic carbocycles. The van der Waals surface area contributed by atoms with Crippen LogP contribution >= 0.6 is 23.4 Å². The number of thioether (sulfide) groups is 1. The third kappa shape index (κ3) is 6.09. The van der Waals surface area contributed by atoms with Gasteiger partial charge in [0.2, 0.25) is 5.91 Å². The highest BCUT2D eigenvalue weighted by Gasteiger charge is 2.11. The molecule has 0 unspecified atom stereocenters. The lowest BCUT2D eigenvalue weighted by Gasteiger charge is -2.07. The van der Waals surface area contributed by atoms with Crippen molar-refractivity contribution in [3.05, 3.63) is 88.7 Å². The molecule has 0 spiro atoms. The summed E-state index contributed by atoms with van der Waals surface area (Å²) >= 11 is 7.44. The number of nitrogens with zero attached hydrogens (tertiary/aromatic N) is 4. The number of hydrogen-bond donors (Lipinski definition) is 2. The van der Waals surface area contributed by atoms with Gasteiger partial charge in [-0.2, -0.15) is 9.61 Å². The summed E-state index contributed by atoms with van der Waals surface area (Å²) < 4.78 is 1.64. The number of carbonyl (C=O) groups is 2. The molecule has 0 saturated carbocycles. The van der Waals surface area contributed by atoms with E-state index < -0.39 is 0 Å². The summed E-state index contributed by atoms with van der Waals surface area (Å²) in [5, 5.41) is 19.9. The van der Waals surface area contributed by atoms with E-state index in [-0.39, 0.29) is 17.6 Å². The highest BCUT2D eigenvalue weighted by Crippen LogP contribution is 2.17. The number of benzene rings is 2. The summed E-state index contributed by atoms with van der Waals surface area (Å²) in [5.41, 5.74) is 2.07. The van der Waals surface area contributed by atoms with E-state index in [4.69, 9.17) is 11.6 Å². The molecular formula is C23H21ClN6O2S. The molecule has 4 aromatic rings. The van der Waals surface area contributed by atoms with Crippen molar-refractivity contribution >= 4 is 40.8 Å². The van der Waals surface area contributed by atoms with Crippen molar-refractivity contribution in [3.63, 3.8) is 0 Å². The predicted molar refractivity (Wildman–Crippen MR) is 127 cm³/mol. The number of rotatable bonds is 9. The Morgan fingerprint density at radius 3 is 2.55 bits per heavy atom. The Bertz CT molecular complexity index is 1260. The SMILES string of the molecule is O=C(CSc1ccc2nnc(CCNC(=O)c3ccccc3)n2n1)NCc1ccccc1Cl. The lowest BCUT2D eigenvalue weighted by atomic mass is 10.2. The van der Waals surface area contributed by atoms with Crippen LogP contribution in [0.2, 0.25) is 5.02 Å².